The van der Waals surface area contributed by atoms with Crippen LogP contribution in [-0.2, 0) is 6.54 Å². The third kappa shape index (κ3) is 3.06. The van der Waals surface area contributed by atoms with Gasteiger partial charge in [-0.3, -0.25) is 9.36 Å². The van der Waals surface area contributed by atoms with Crippen LogP contribution in [0.2, 0.25) is 0 Å². The van der Waals surface area contributed by atoms with Gasteiger partial charge in [0.15, 0.2) is 0 Å². The number of primary amides is 1. The summed E-state index contributed by atoms with van der Waals surface area (Å²) in [6, 6.07) is -1.27. The number of nitrogens with zero attached hydrogens (tertiary/aromatic N) is 2. The molecular weight excluding hydrogens is 241 g/mol. The van der Waals surface area contributed by atoms with Crippen LogP contribution in [0.15, 0.2) is 15.8 Å². The Morgan fingerprint density at radius 1 is 1.33 bits per heavy atom. The Kier molecular flexibility index (Phi) is 4.82. The molecule has 0 bridgehead atoms. The highest BCUT2D eigenvalue weighted by molar-refractivity contribution is 5.74. The third-order valence-electron chi connectivity index (χ3n) is 2.59. The lowest BCUT2D eigenvalue weighted by molar-refractivity contribution is 0.247. The number of nitrogens with two attached hydrogens (primary N) is 1. The number of carbonyl (C=O) groups is 1. The second-order valence-electron chi connectivity index (χ2n) is 3.99. The average molecular weight is 257 g/mol. The van der Waals surface area contributed by atoms with Gasteiger partial charge >= 0.3 is 17.3 Å². The third-order valence-corrected chi connectivity index (χ3v) is 2.59. The maximum atomic E-state index is 13.3. The smallest absolute Gasteiger partial charge is 0.339 e. The highest BCUT2D eigenvalue weighted by atomic mass is 19.1. The number of hydrogen-bond acceptors (Lipinski definition) is 3. The van der Waals surface area contributed by atoms with Gasteiger partial charge in [-0.05, 0) is 6.42 Å². The van der Waals surface area contributed by atoms with E-state index >= 15 is 0 Å². The molecule has 0 aliphatic rings. The predicted octanol–water partition coefficient (Wildman–Crippen LogP) is 0.656. The van der Waals surface area contributed by atoms with Crippen LogP contribution in [0.4, 0.5) is 9.18 Å². The lowest BCUT2D eigenvalue weighted by atomic mass is 10.2. The zero-order valence-electron chi connectivity index (χ0n) is 10.2. The van der Waals surface area contributed by atoms with Gasteiger partial charge in [0.2, 0.25) is 5.82 Å². The van der Waals surface area contributed by atoms with E-state index in [1.54, 1.807) is 0 Å². The van der Waals surface area contributed by atoms with Gasteiger partial charge in [-0.2, -0.15) is 8.96 Å². The van der Waals surface area contributed by atoms with Crippen molar-refractivity contribution >= 4 is 6.03 Å². The van der Waals surface area contributed by atoms with Crippen molar-refractivity contribution in [2.45, 2.75) is 39.2 Å². The molecule has 0 saturated carbocycles. The molecule has 0 aromatic carbocycles. The second kappa shape index (κ2) is 6.13. The number of carbonyl (C=O) groups excluding carboxylic acids is 1. The van der Waals surface area contributed by atoms with E-state index in [4.69, 9.17) is 5.73 Å². The van der Waals surface area contributed by atoms with Crippen LogP contribution in [0.25, 0.3) is 0 Å². The van der Waals surface area contributed by atoms with E-state index in [2.05, 4.69) is 0 Å². The molecule has 1 aromatic heterocycles. The van der Waals surface area contributed by atoms with Crippen LogP contribution in [0.1, 0.15) is 32.6 Å². The van der Waals surface area contributed by atoms with Crippen molar-refractivity contribution in [2.24, 2.45) is 5.73 Å². The molecule has 100 valence electrons. The lowest BCUT2D eigenvalue weighted by Crippen LogP contribution is -2.47. The zero-order valence-corrected chi connectivity index (χ0v) is 10.2. The Hall–Kier alpha value is -1.92. The van der Waals surface area contributed by atoms with Crippen LogP contribution < -0.4 is 17.0 Å². The first-order valence-electron chi connectivity index (χ1n) is 5.80. The predicted molar refractivity (Wildman–Crippen MR) is 64.0 cm³/mol. The Bertz CT molecular complexity index is 547. The summed E-state index contributed by atoms with van der Waals surface area (Å²) in [4.78, 5) is 33.9. The van der Waals surface area contributed by atoms with Crippen LogP contribution in [-0.4, -0.2) is 15.2 Å². The summed E-state index contributed by atoms with van der Waals surface area (Å²) in [5.74, 6) is -1.16. The summed E-state index contributed by atoms with van der Waals surface area (Å²) in [5, 5.41) is 0. The Morgan fingerprint density at radius 2 is 2.00 bits per heavy atom. The molecule has 0 spiro atoms. The Morgan fingerprint density at radius 3 is 2.56 bits per heavy atom. The molecule has 2 N–H and O–H groups in total. The molecule has 0 fully saturated rings. The van der Waals surface area contributed by atoms with Crippen LogP contribution in [0, 0.1) is 5.82 Å². The van der Waals surface area contributed by atoms with Crippen LogP contribution in [0.5, 0.6) is 0 Å². The maximum absolute atomic E-state index is 13.3. The van der Waals surface area contributed by atoms with Crippen molar-refractivity contribution in [3.63, 3.8) is 0 Å². The maximum Gasteiger partial charge on any atom is 0.339 e. The first kappa shape index (κ1) is 14.1. The molecule has 0 radical (unpaired) electrons. The van der Waals surface area contributed by atoms with Crippen molar-refractivity contribution in [1.82, 2.24) is 9.13 Å². The molecule has 0 aliphatic carbocycles. The van der Waals surface area contributed by atoms with Gasteiger partial charge in [-0.15, -0.1) is 0 Å². The molecule has 0 atom stereocenters. The molecule has 18 heavy (non-hydrogen) atoms. The summed E-state index contributed by atoms with van der Waals surface area (Å²) in [7, 11) is 0. The highest BCUT2D eigenvalue weighted by Crippen LogP contribution is 2.00. The molecule has 1 rings (SSSR count). The van der Waals surface area contributed by atoms with E-state index in [-0.39, 0.29) is 11.1 Å². The topological polar surface area (TPSA) is 87.1 Å². The number of hydrogen-bond donors (Lipinski definition) is 1. The number of aryl methyl sites for hydroxylation is 1. The summed E-state index contributed by atoms with van der Waals surface area (Å²) in [6.45, 7) is 2.29. The van der Waals surface area contributed by atoms with Crippen molar-refractivity contribution in [3.8, 4) is 0 Å². The van der Waals surface area contributed by atoms with E-state index < -0.39 is 23.1 Å². The minimum absolute atomic E-state index is 0.106. The number of rotatable bonds is 5. The second-order valence-corrected chi connectivity index (χ2v) is 3.99. The number of amides is 1. The van der Waals surface area contributed by atoms with Crippen LogP contribution in [0.3, 0.4) is 0 Å². The lowest BCUT2D eigenvalue weighted by Gasteiger charge is -2.07. The minimum Gasteiger partial charge on any atom is -0.351 e. The van der Waals surface area contributed by atoms with Gasteiger partial charge < -0.3 is 5.73 Å². The van der Waals surface area contributed by atoms with E-state index in [9.17, 15) is 18.8 Å². The Balaban J connectivity index is 3.04. The standard InChI is InChI=1S/C11H16FN3O3/c1-2-3-4-5-6-14-7-8(12)9(16)15(10(13)17)11(14)18/h7H,2-6H2,1H3,(H2,13,17). The van der Waals surface area contributed by atoms with Gasteiger partial charge in [0.05, 0.1) is 6.20 Å². The fraction of sp³-hybridized carbons (Fsp3) is 0.545. The van der Waals surface area contributed by atoms with Crippen LogP contribution >= 0.6 is 0 Å². The quantitative estimate of drug-likeness (QED) is 0.786. The van der Waals surface area contributed by atoms with Crippen molar-refractivity contribution < 1.29 is 9.18 Å². The molecular formula is C11H16FN3O3. The minimum atomic E-state index is -1.31. The van der Waals surface area contributed by atoms with Crippen molar-refractivity contribution in [1.29, 1.82) is 0 Å². The number of unbranched alkanes of at least 4 members (excludes halogenated alkanes) is 3. The van der Waals surface area contributed by atoms with Gasteiger partial charge in [-0.25, -0.2) is 9.59 Å². The monoisotopic (exact) mass is 257 g/mol. The first-order chi connectivity index (χ1) is 8.49. The first-order valence-corrected chi connectivity index (χ1v) is 5.80. The fourth-order valence-corrected chi connectivity index (χ4v) is 1.63. The molecule has 1 heterocycles. The molecule has 0 unspecified atom stereocenters. The van der Waals surface area contributed by atoms with E-state index in [1.165, 1.54) is 0 Å². The SMILES string of the molecule is CCCCCCn1cc(F)c(=O)n(C(N)=O)c1=O. The highest BCUT2D eigenvalue weighted by Gasteiger charge is 2.14. The van der Waals surface area contributed by atoms with E-state index in [0.717, 1.165) is 30.0 Å². The molecule has 0 saturated heterocycles. The van der Waals surface area contributed by atoms with E-state index in [0.29, 0.717) is 6.42 Å². The molecule has 1 aromatic rings. The normalized spacial score (nSPS) is 10.6. The molecule has 7 heteroatoms. The van der Waals surface area contributed by atoms with E-state index in [1.807, 2.05) is 6.92 Å². The summed E-state index contributed by atoms with van der Waals surface area (Å²) in [6.07, 6.45) is 4.41. The summed E-state index contributed by atoms with van der Waals surface area (Å²) >= 11 is 0. The number of aromatic nitrogens is 2. The Labute approximate surface area is 103 Å². The summed E-state index contributed by atoms with van der Waals surface area (Å²) < 4.78 is 14.4. The summed E-state index contributed by atoms with van der Waals surface area (Å²) in [5.41, 5.74) is 2.67. The fourth-order valence-electron chi connectivity index (χ4n) is 1.63. The molecule has 0 aliphatic heterocycles. The van der Waals surface area contributed by atoms with Crippen molar-refractivity contribution in [3.05, 3.63) is 32.9 Å². The molecule has 1 amide bonds. The van der Waals surface area contributed by atoms with Gasteiger partial charge in [-0.1, -0.05) is 26.2 Å². The largest absolute Gasteiger partial charge is 0.351 e. The van der Waals surface area contributed by atoms with Gasteiger partial charge in [0.25, 0.3) is 0 Å². The van der Waals surface area contributed by atoms with Gasteiger partial charge in [0, 0.05) is 6.54 Å². The number of halogens is 1. The van der Waals surface area contributed by atoms with Crippen molar-refractivity contribution in [2.75, 3.05) is 0 Å². The average Bonchev–Trinajstić information content (AvgIpc) is 2.30. The van der Waals surface area contributed by atoms with Gasteiger partial charge in [0.1, 0.15) is 0 Å². The zero-order chi connectivity index (χ0) is 13.7. The molecule has 6 nitrogen and oxygen atoms in total.